The number of halogens is 2. The molecular formula is C26H21F2N7O2. The molecular weight excluding hydrogens is 480 g/mol. The Kier molecular flexibility index (Phi) is 4.53. The minimum absolute atomic E-state index is 0.120. The van der Waals surface area contributed by atoms with Gasteiger partial charge in [-0.25, -0.2) is 15.0 Å². The van der Waals surface area contributed by atoms with Crippen molar-refractivity contribution in [1.29, 1.82) is 0 Å². The van der Waals surface area contributed by atoms with Crippen molar-refractivity contribution in [1.82, 2.24) is 34.3 Å². The highest BCUT2D eigenvalue weighted by atomic mass is 19.3. The lowest BCUT2D eigenvalue weighted by Crippen LogP contribution is -2.19. The molecule has 1 N–H and O–H groups in total. The van der Waals surface area contributed by atoms with E-state index >= 15 is 0 Å². The molecule has 3 aromatic heterocycles. The predicted molar refractivity (Wildman–Crippen MR) is 129 cm³/mol. The predicted octanol–water partition coefficient (Wildman–Crippen LogP) is 4.48. The molecule has 0 aliphatic carbocycles. The van der Waals surface area contributed by atoms with E-state index in [4.69, 9.17) is 9.72 Å². The quantitative estimate of drug-likeness (QED) is 0.387. The molecule has 186 valence electrons. The van der Waals surface area contributed by atoms with E-state index < -0.39 is 12.2 Å². The van der Waals surface area contributed by atoms with E-state index in [1.54, 1.807) is 44.7 Å². The third kappa shape index (κ3) is 3.27. The molecule has 0 saturated heterocycles. The van der Waals surface area contributed by atoms with Crippen molar-refractivity contribution in [3.8, 4) is 28.3 Å². The molecule has 2 aromatic carbocycles. The van der Waals surface area contributed by atoms with Crippen LogP contribution in [0.4, 0.5) is 8.78 Å². The van der Waals surface area contributed by atoms with Gasteiger partial charge in [0, 0.05) is 35.5 Å². The van der Waals surface area contributed by atoms with Crippen LogP contribution in [0.1, 0.15) is 49.6 Å². The summed E-state index contributed by atoms with van der Waals surface area (Å²) in [6, 6.07) is 10.6. The average molecular weight is 501 g/mol. The zero-order valence-corrected chi connectivity index (χ0v) is 19.9. The van der Waals surface area contributed by atoms with Gasteiger partial charge >= 0.3 is 6.61 Å². The van der Waals surface area contributed by atoms with Gasteiger partial charge in [0.15, 0.2) is 11.6 Å². The minimum Gasteiger partial charge on any atom is -0.434 e. The van der Waals surface area contributed by atoms with Crippen LogP contribution in [0.15, 0.2) is 55.1 Å². The Morgan fingerprint density at radius 3 is 2.65 bits per heavy atom. The lowest BCUT2D eigenvalue weighted by molar-refractivity contribution is -0.0506. The number of aromatic nitrogens is 7. The third-order valence-corrected chi connectivity index (χ3v) is 7.07. The smallest absolute Gasteiger partial charge is 0.387 e. The highest BCUT2D eigenvalue weighted by Gasteiger charge is 2.43. The van der Waals surface area contributed by atoms with Crippen molar-refractivity contribution in [2.75, 3.05) is 0 Å². The minimum atomic E-state index is -2.96. The summed E-state index contributed by atoms with van der Waals surface area (Å²) in [5.41, 5.74) is 3.51. The van der Waals surface area contributed by atoms with Crippen molar-refractivity contribution in [3.05, 3.63) is 72.3 Å². The summed E-state index contributed by atoms with van der Waals surface area (Å²) in [5.74, 6) is 1.87. The summed E-state index contributed by atoms with van der Waals surface area (Å²) in [7, 11) is 0. The third-order valence-electron chi connectivity index (χ3n) is 7.07. The fourth-order valence-electron chi connectivity index (χ4n) is 5.50. The number of ether oxygens (including phenoxy) is 1. The molecule has 5 heterocycles. The molecule has 0 fully saturated rings. The Hall–Kier alpha value is -4.25. The van der Waals surface area contributed by atoms with Crippen LogP contribution < -0.4 is 4.74 Å². The number of rotatable bonds is 4. The summed E-state index contributed by atoms with van der Waals surface area (Å²) < 4.78 is 35.8. The van der Waals surface area contributed by atoms with E-state index in [-0.39, 0.29) is 17.8 Å². The van der Waals surface area contributed by atoms with Gasteiger partial charge in [-0.15, -0.1) is 10.2 Å². The molecule has 0 saturated carbocycles. The van der Waals surface area contributed by atoms with E-state index in [9.17, 15) is 13.9 Å². The first-order chi connectivity index (χ1) is 17.8. The van der Waals surface area contributed by atoms with E-state index in [1.807, 2.05) is 28.8 Å². The van der Waals surface area contributed by atoms with E-state index in [1.165, 1.54) is 0 Å². The Labute approximate surface area is 209 Å². The Balaban J connectivity index is 1.43. The Bertz CT molecular complexity index is 1670. The van der Waals surface area contributed by atoms with Crippen LogP contribution in [0, 0.1) is 0 Å². The van der Waals surface area contributed by atoms with Gasteiger partial charge in [-0.2, -0.15) is 8.78 Å². The molecule has 0 spiro atoms. The molecule has 7 rings (SSSR count). The lowest BCUT2D eigenvalue weighted by atomic mass is 9.97. The number of hydrogen-bond acceptors (Lipinski definition) is 7. The maximum absolute atomic E-state index is 13.4. The van der Waals surface area contributed by atoms with Gasteiger partial charge in [-0.05, 0) is 37.6 Å². The first-order valence-electron chi connectivity index (χ1n) is 11.8. The average Bonchev–Trinajstić information content (AvgIpc) is 3.55. The van der Waals surface area contributed by atoms with Crippen LogP contribution in [0.5, 0.6) is 5.75 Å². The van der Waals surface area contributed by atoms with Crippen LogP contribution >= 0.6 is 0 Å². The number of imidazole rings is 1. The molecule has 2 atom stereocenters. The SMILES string of the molecule is CC(C)(O)c1ncc(-c2ccc3nc4n(c3c2)[C@@H]2C[C@H]4n3cnnc3-c3cccc(OC(F)F)c32)cn1. The number of benzene rings is 2. The Morgan fingerprint density at radius 1 is 1.08 bits per heavy atom. The van der Waals surface area contributed by atoms with E-state index in [0.29, 0.717) is 29.2 Å². The lowest BCUT2D eigenvalue weighted by Gasteiger charge is -2.21. The van der Waals surface area contributed by atoms with Gasteiger partial charge in [0.2, 0.25) is 0 Å². The van der Waals surface area contributed by atoms with Crippen LogP contribution in [-0.4, -0.2) is 46.0 Å². The number of fused-ring (bicyclic) bond motifs is 6. The summed E-state index contributed by atoms with van der Waals surface area (Å²) in [5, 5.41) is 18.6. The number of alkyl halides is 2. The van der Waals surface area contributed by atoms with Crippen LogP contribution in [0.2, 0.25) is 0 Å². The zero-order valence-electron chi connectivity index (χ0n) is 19.9. The number of nitrogens with zero attached hydrogens (tertiary/aromatic N) is 7. The van der Waals surface area contributed by atoms with E-state index in [0.717, 1.165) is 28.0 Å². The van der Waals surface area contributed by atoms with Crippen molar-refractivity contribution >= 4 is 11.0 Å². The van der Waals surface area contributed by atoms with Gasteiger partial charge in [0.25, 0.3) is 0 Å². The monoisotopic (exact) mass is 501 g/mol. The molecule has 0 amide bonds. The highest BCUT2D eigenvalue weighted by Crippen LogP contribution is 2.51. The van der Waals surface area contributed by atoms with Gasteiger partial charge in [-0.3, -0.25) is 0 Å². The first-order valence-corrected chi connectivity index (χ1v) is 11.8. The van der Waals surface area contributed by atoms with Crippen LogP contribution in [-0.2, 0) is 5.60 Å². The fraction of sp³-hybridized carbons (Fsp3) is 0.269. The second kappa shape index (κ2) is 7.62. The van der Waals surface area contributed by atoms with Gasteiger partial charge in [0.1, 0.15) is 23.5 Å². The van der Waals surface area contributed by atoms with Crippen molar-refractivity contribution in [2.24, 2.45) is 0 Å². The van der Waals surface area contributed by atoms with Gasteiger partial charge in [0.05, 0.1) is 23.1 Å². The van der Waals surface area contributed by atoms with Crippen molar-refractivity contribution in [2.45, 2.75) is 44.6 Å². The maximum atomic E-state index is 13.4. The zero-order chi connectivity index (χ0) is 25.5. The number of aliphatic hydroxyl groups is 1. The molecule has 2 bridgehead atoms. The molecule has 0 unspecified atom stereocenters. The van der Waals surface area contributed by atoms with Gasteiger partial charge < -0.3 is 19.0 Å². The molecule has 2 aliphatic rings. The summed E-state index contributed by atoms with van der Waals surface area (Å²) in [6.45, 7) is 0.312. The van der Waals surface area contributed by atoms with E-state index in [2.05, 4.69) is 24.7 Å². The van der Waals surface area contributed by atoms with Crippen LogP contribution in [0.3, 0.4) is 0 Å². The second-order valence-corrected chi connectivity index (χ2v) is 9.82. The molecule has 11 heteroatoms. The Morgan fingerprint density at radius 2 is 1.89 bits per heavy atom. The molecule has 37 heavy (non-hydrogen) atoms. The maximum Gasteiger partial charge on any atom is 0.387 e. The second-order valence-electron chi connectivity index (χ2n) is 9.82. The normalized spacial score (nSPS) is 18.0. The molecule has 5 aromatic rings. The summed E-state index contributed by atoms with van der Waals surface area (Å²) in [6.07, 6.45) is 5.63. The molecule has 2 aliphatic heterocycles. The molecule has 0 radical (unpaired) electrons. The first kappa shape index (κ1) is 22.0. The largest absolute Gasteiger partial charge is 0.434 e. The number of hydrogen-bond donors (Lipinski definition) is 1. The summed E-state index contributed by atoms with van der Waals surface area (Å²) in [4.78, 5) is 13.6. The molecule has 9 nitrogen and oxygen atoms in total. The highest BCUT2D eigenvalue weighted by molar-refractivity contribution is 5.84. The fourth-order valence-corrected chi connectivity index (χ4v) is 5.50. The standard InChI is InChI=1S/C26H21F2N7O2/c1-26(2,36)24-29-10-14(11-30-24)13-6-7-16-17(8-13)35-18-9-19(23(35)32-16)34-12-31-33-22(34)15-4-3-5-20(21(15)18)37-25(27)28/h3-8,10-12,18-19,25,36H,9H2,1-2H3/t18-,19-/m1/s1. The van der Waals surface area contributed by atoms with Crippen molar-refractivity contribution < 1.29 is 18.6 Å². The van der Waals surface area contributed by atoms with Crippen LogP contribution in [0.25, 0.3) is 33.5 Å². The van der Waals surface area contributed by atoms with Gasteiger partial charge in [-0.1, -0.05) is 18.2 Å². The van der Waals surface area contributed by atoms with Crippen molar-refractivity contribution in [3.63, 3.8) is 0 Å². The topological polar surface area (TPSA) is 104 Å². The summed E-state index contributed by atoms with van der Waals surface area (Å²) >= 11 is 0.